The molecule has 190 valence electrons. The van der Waals surface area contributed by atoms with E-state index in [4.69, 9.17) is 0 Å². The Labute approximate surface area is 213 Å². The molecule has 5 rings (SSSR count). The number of hydrogen-bond acceptors (Lipinski definition) is 4. The van der Waals surface area contributed by atoms with Gasteiger partial charge in [-0.2, -0.15) is 9.78 Å². The quantitative estimate of drug-likeness (QED) is 0.308. The molecule has 1 aliphatic rings. The van der Waals surface area contributed by atoms with Gasteiger partial charge in [-0.25, -0.2) is 9.18 Å². The molecule has 2 amide bonds. The Morgan fingerprint density at radius 3 is 2.62 bits per heavy atom. The highest BCUT2D eigenvalue weighted by atomic mass is 19.1. The van der Waals surface area contributed by atoms with E-state index in [0.29, 0.717) is 28.2 Å². The van der Waals surface area contributed by atoms with Crippen molar-refractivity contribution in [1.29, 1.82) is 0 Å². The van der Waals surface area contributed by atoms with Crippen LogP contribution in [0.25, 0.3) is 11.3 Å². The molecule has 0 atom stereocenters. The molecule has 1 fully saturated rings. The van der Waals surface area contributed by atoms with Crippen molar-refractivity contribution in [3.8, 4) is 17.0 Å². The summed E-state index contributed by atoms with van der Waals surface area (Å²) in [5.41, 5.74) is 3.23. The van der Waals surface area contributed by atoms with Gasteiger partial charge in [-0.1, -0.05) is 25.0 Å². The zero-order valence-electron chi connectivity index (χ0n) is 20.4. The average molecular weight is 502 g/mol. The van der Waals surface area contributed by atoms with Gasteiger partial charge in [0.15, 0.2) is 0 Å². The van der Waals surface area contributed by atoms with E-state index in [9.17, 15) is 19.1 Å². The Morgan fingerprint density at radius 1 is 1.08 bits per heavy atom. The van der Waals surface area contributed by atoms with Crippen molar-refractivity contribution in [3.63, 3.8) is 0 Å². The fourth-order valence-corrected chi connectivity index (χ4v) is 4.81. The van der Waals surface area contributed by atoms with Crippen LogP contribution < -0.4 is 10.6 Å². The molecule has 0 radical (unpaired) electrons. The molecule has 0 aliphatic heterocycles. The summed E-state index contributed by atoms with van der Waals surface area (Å²) < 4.78 is 16.6. The van der Waals surface area contributed by atoms with E-state index in [1.807, 2.05) is 6.07 Å². The number of benzene rings is 2. The standard InChI is InChI=1S/C28H28FN5O3/c1-33-13-5-10-24(33)27(36)31-21-11-12-26(35)22(15-21)23-16-25(19-7-2-3-8-19)34(32-23)28(37)30-17-18-6-4-9-20(29)14-18/h4-6,9-16,19,35H,2-3,7-8,17H2,1H3,(H,30,37)(H,31,36). The van der Waals surface area contributed by atoms with Gasteiger partial charge in [0, 0.05) is 37.0 Å². The molecule has 8 nitrogen and oxygen atoms in total. The van der Waals surface area contributed by atoms with E-state index < -0.39 is 6.03 Å². The zero-order valence-corrected chi connectivity index (χ0v) is 20.4. The van der Waals surface area contributed by atoms with Gasteiger partial charge in [-0.15, -0.1) is 0 Å². The van der Waals surface area contributed by atoms with Gasteiger partial charge in [-0.3, -0.25) is 4.79 Å². The second-order valence-corrected chi connectivity index (χ2v) is 9.33. The molecular weight excluding hydrogens is 473 g/mol. The number of halogens is 1. The van der Waals surface area contributed by atoms with Crippen molar-refractivity contribution in [3.05, 3.63) is 89.6 Å². The van der Waals surface area contributed by atoms with Gasteiger partial charge in [-0.05, 0) is 66.9 Å². The highest BCUT2D eigenvalue weighted by Gasteiger charge is 2.26. The monoisotopic (exact) mass is 501 g/mol. The number of rotatable bonds is 6. The Balaban J connectivity index is 1.43. The molecule has 37 heavy (non-hydrogen) atoms. The maximum atomic E-state index is 13.5. The smallest absolute Gasteiger partial charge is 0.342 e. The number of nitrogens with one attached hydrogen (secondary N) is 2. The SMILES string of the molecule is Cn1cccc1C(=O)Nc1ccc(O)c(-c2cc(C3CCCC3)n(C(=O)NCc3cccc(F)c3)n2)c1. The second kappa shape index (κ2) is 10.3. The van der Waals surface area contributed by atoms with Gasteiger partial charge < -0.3 is 20.3 Å². The number of aromatic nitrogens is 3. The van der Waals surface area contributed by atoms with Crippen molar-refractivity contribution in [2.75, 3.05) is 5.32 Å². The summed E-state index contributed by atoms with van der Waals surface area (Å²) in [7, 11) is 1.79. The van der Waals surface area contributed by atoms with E-state index in [0.717, 1.165) is 31.4 Å². The molecule has 2 heterocycles. The summed E-state index contributed by atoms with van der Waals surface area (Å²) in [5.74, 6) is -0.490. The summed E-state index contributed by atoms with van der Waals surface area (Å²) in [4.78, 5) is 25.8. The van der Waals surface area contributed by atoms with Gasteiger partial charge in [0.05, 0.1) is 11.4 Å². The molecular formula is C28H28FN5O3. The summed E-state index contributed by atoms with van der Waals surface area (Å²) in [6, 6.07) is 15.7. The Hall–Kier alpha value is -4.40. The minimum atomic E-state index is -0.426. The molecule has 9 heteroatoms. The van der Waals surface area contributed by atoms with Gasteiger partial charge >= 0.3 is 6.03 Å². The molecule has 0 bridgehead atoms. The molecule has 0 spiro atoms. The number of nitrogens with zero attached hydrogens (tertiary/aromatic N) is 3. The predicted molar refractivity (Wildman–Crippen MR) is 138 cm³/mol. The summed E-state index contributed by atoms with van der Waals surface area (Å²) in [5, 5.41) is 20.9. The predicted octanol–water partition coefficient (Wildman–Crippen LogP) is 5.40. The number of carbonyl (C=O) groups is 2. The molecule has 3 N–H and O–H groups in total. The van der Waals surface area contributed by atoms with E-state index in [1.54, 1.807) is 54.2 Å². The van der Waals surface area contributed by atoms with E-state index in [2.05, 4.69) is 15.7 Å². The van der Waals surface area contributed by atoms with Crippen LogP contribution in [0, 0.1) is 5.82 Å². The summed E-state index contributed by atoms with van der Waals surface area (Å²) in [6.45, 7) is 0.155. The highest BCUT2D eigenvalue weighted by Crippen LogP contribution is 2.38. The Bertz CT molecular complexity index is 1450. The van der Waals surface area contributed by atoms with Crippen LogP contribution in [0.4, 0.5) is 14.9 Å². The highest BCUT2D eigenvalue weighted by molar-refractivity contribution is 6.03. The lowest BCUT2D eigenvalue weighted by Gasteiger charge is -2.12. The number of hydrogen-bond donors (Lipinski definition) is 3. The first kappa shape index (κ1) is 24.3. The third-order valence-corrected chi connectivity index (χ3v) is 6.74. The number of carbonyl (C=O) groups excluding carboxylic acids is 2. The minimum Gasteiger partial charge on any atom is -0.507 e. The summed E-state index contributed by atoms with van der Waals surface area (Å²) >= 11 is 0. The Morgan fingerprint density at radius 2 is 1.89 bits per heavy atom. The van der Waals surface area contributed by atoms with Crippen LogP contribution in [-0.2, 0) is 13.6 Å². The van der Waals surface area contributed by atoms with E-state index in [1.165, 1.54) is 22.9 Å². The molecule has 0 saturated heterocycles. The minimum absolute atomic E-state index is 0.0142. The molecule has 1 aliphatic carbocycles. The maximum absolute atomic E-state index is 13.5. The number of anilines is 1. The number of aryl methyl sites for hydroxylation is 1. The van der Waals surface area contributed by atoms with Crippen LogP contribution in [0.5, 0.6) is 5.75 Å². The number of phenolic OH excluding ortho intramolecular Hbond substituents is 1. The lowest BCUT2D eigenvalue weighted by molar-refractivity contribution is 0.101. The van der Waals surface area contributed by atoms with Crippen molar-refractivity contribution in [2.45, 2.75) is 38.1 Å². The van der Waals surface area contributed by atoms with Crippen LogP contribution in [0.1, 0.15) is 53.3 Å². The first-order valence-electron chi connectivity index (χ1n) is 12.3. The van der Waals surface area contributed by atoms with Crippen molar-refractivity contribution >= 4 is 17.6 Å². The van der Waals surface area contributed by atoms with E-state index in [-0.39, 0.29) is 29.9 Å². The molecule has 1 saturated carbocycles. The van der Waals surface area contributed by atoms with Crippen LogP contribution in [-0.4, -0.2) is 31.4 Å². The third-order valence-electron chi connectivity index (χ3n) is 6.74. The first-order valence-corrected chi connectivity index (χ1v) is 12.3. The lowest BCUT2D eigenvalue weighted by atomic mass is 10.0. The Kier molecular flexibility index (Phi) is 6.76. The third kappa shape index (κ3) is 5.25. The molecule has 2 aromatic heterocycles. The van der Waals surface area contributed by atoms with Crippen molar-refractivity contribution in [2.24, 2.45) is 7.05 Å². The summed E-state index contributed by atoms with van der Waals surface area (Å²) in [6.07, 6.45) is 5.82. The maximum Gasteiger partial charge on any atom is 0.342 e. The van der Waals surface area contributed by atoms with Crippen molar-refractivity contribution < 1.29 is 19.1 Å². The number of amides is 2. The van der Waals surface area contributed by atoms with Crippen LogP contribution in [0.2, 0.25) is 0 Å². The van der Waals surface area contributed by atoms with Gasteiger partial charge in [0.25, 0.3) is 5.91 Å². The first-order chi connectivity index (χ1) is 17.9. The number of aromatic hydroxyl groups is 1. The fraction of sp³-hybridized carbons (Fsp3) is 0.250. The van der Waals surface area contributed by atoms with E-state index >= 15 is 0 Å². The lowest BCUT2D eigenvalue weighted by Crippen LogP contribution is -2.30. The van der Waals surface area contributed by atoms with Crippen molar-refractivity contribution in [1.82, 2.24) is 19.7 Å². The normalized spacial score (nSPS) is 13.6. The van der Waals surface area contributed by atoms with Crippen LogP contribution in [0.15, 0.2) is 66.9 Å². The zero-order chi connectivity index (χ0) is 25.9. The molecule has 4 aromatic rings. The van der Waals surface area contributed by atoms with Crippen LogP contribution in [0.3, 0.4) is 0 Å². The largest absolute Gasteiger partial charge is 0.507 e. The van der Waals surface area contributed by atoms with Crippen LogP contribution >= 0.6 is 0 Å². The fourth-order valence-electron chi connectivity index (χ4n) is 4.81. The second-order valence-electron chi connectivity index (χ2n) is 9.33. The number of phenols is 1. The average Bonchev–Trinajstić information content (AvgIpc) is 3.64. The topological polar surface area (TPSA) is 101 Å². The molecule has 0 unspecified atom stereocenters. The molecule has 2 aromatic carbocycles. The van der Waals surface area contributed by atoms with Gasteiger partial charge in [0.1, 0.15) is 17.3 Å². The van der Waals surface area contributed by atoms with Gasteiger partial charge in [0.2, 0.25) is 0 Å².